The topological polar surface area (TPSA) is 60.6 Å². The smallest absolute Gasteiger partial charge is 0.153 e. The van der Waals surface area contributed by atoms with Crippen molar-refractivity contribution in [1.29, 1.82) is 0 Å². The zero-order valence-electron chi connectivity index (χ0n) is 14.2. The molecular weight excluding hydrogens is 324 g/mol. The first-order chi connectivity index (χ1) is 12.9. The van der Waals surface area contributed by atoms with Crippen molar-refractivity contribution in [1.82, 2.24) is 29.6 Å². The van der Waals surface area contributed by atoms with Crippen molar-refractivity contribution < 1.29 is 0 Å². The lowest BCUT2D eigenvalue weighted by atomic mass is 10.0. The summed E-state index contributed by atoms with van der Waals surface area (Å²) < 4.78 is 3.99. The molecule has 6 nitrogen and oxygen atoms in total. The quantitative estimate of drug-likeness (QED) is 0.622. The third-order valence-corrected chi connectivity index (χ3v) is 4.74. The van der Waals surface area contributed by atoms with E-state index in [4.69, 9.17) is 5.10 Å². The first-order valence-electron chi connectivity index (χ1n) is 8.72. The zero-order valence-corrected chi connectivity index (χ0v) is 14.2. The Hall–Kier alpha value is -3.25. The van der Waals surface area contributed by atoms with Gasteiger partial charge in [0, 0.05) is 54.9 Å². The van der Waals surface area contributed by atoms with E-state index in [9.17, 15) is 0 Å². The molecule has 1 aromatic carbocycles. The monoisotopic (exact) mass is 342 g/mol. The molecule has 26 heavy (non-hydrogen) atoms. The van der Waals surface area contributed by atoms with E-state index in [-0.39, 0.29) is 0 Å². The van der Waals surface area contributed by atoms with Gasteiger partial charge in [-0.3, -0.25) is 0 Å². The van der Waals surface area contributed by atoms with Crippen LogP contribution in [-0.4, -0.2) is 30.9 Å². The van der Waals surface area contributed by atoms with Gasteiger partial charge < -0.3 is 9.88 Å². The SMILES string of the molecule is c1ccc(-n2nc(-c3ccc(-n4ccnc4)cc3)c3c2CCNC3)nc1. The first-order valence-corrected chi connectivity index (χ1v) is 8.72. The van der Waals surface area contributed by atoms with Crippen molar-refractivity contribution in [3.05, 3.63) is 78.6 Å². The zero-order chi connectivity index (χ0) is 17.3. The van der Waals surface area contributed by atoms with Crippen molar-refractivity contribution >= 4 is 0 Å². The Morgan fingerprint density at radius 3 is 2.69 bits per heavy atom. The van der Waals surface area contributed by atoms with Gasteiger partial charge in [-0.05, 0) is 24.3 Å². The van der Waals surface area contributed by atoms with E-state index in [1.807, 2.05) is 39.8 Å². The molecule has 0 bridgehead atoms. The molecule has 0 aliphatic carbocycles. The molecule has 1 aliphatic rings. The Labute approximate surface area is 151 Å². The summed E-state index contributed by atoms with van der Waals surface area (Å²) in [5.41, 5.74) is 5.73. The van der Waals surface area contributed by atoms with Gasteiger partial charge in [0.05, 0.1) is 17.7 Å². The average Bonchev–Trinajstić information content (AvgIpc) is 3.37. The van der Waals surface area contributed by atoms with Gasteiger partial charge in [0.15, 0.2) is 5.82 Å². The molecule has 0 saturated heterocycles. The van der Waals surface area contributed by atoms with Crippen molar-refractivity contribution in [2.75, 3.05) is 6.54 Å². The summed E-state index contributed by atoms with van der Waals surface area (Å²) in [4.78, 5) is 8.59. The van der Waals surface area contributed by atoms with Gasteiger partial charge in [-0.1, -0.05) is 18.2 Å². The minimum absolute atomic E-state index is 0.834. The Balaban J connectivity index is 1.60. The Bertz CT molecular complexity index is 1020. The molecule has 5 rings (SSSR count). The van der Waals surface area contributed by atoms with E-state index < -0.39 is 0 Å². The lowest BCUT2D eigenvalue weighted by Crippen LogP contribution is -2.24. The second-order valence-electron chi connectivity index (χ2n) is 6.32. The fraction of sp³-hybridized carbons (Fsp3) is 0.150. The molecule has 1 aliphatic heterocycles. The highest BCUT2D eigenvalue weighted by atomic mass is 15.3. The number of pyridine rings is 1. The molecular formula is C20H18N6. The minimum atomic E-state index is 0.834. The van der Waals surface area contributed by atoms with Crippen LogP contribution in [0.4, 0.5) is 0 Å². The molecule has 128 valence electrons. The van der Waals surface area contributed by atoms with Crippen LogP contribution in [0.2, 0.25) is 0 Å². The van der Waals surface area contributed by atoms with E-state index in [1.165, 1.54) is 11.3 Å². The van der Waals surface area contributed by atoms with Gasteiger partial charge in [-0.15, -0.1) is 0 Å². The molecule has 0 amide bonds. The van der Waals surface area contributed by atoms with Crippen LogP contribution in [-0.2, 0) is 13.0 Å². The van der Waals surface area contributed by atoms with E-state index in [0.29, 0.717) is 0 Å². The lowest BCUT2D eigenvalue weighted by molar-refractivity contribution is 0.620. The highest BCUT2D eigenvalue weighted by Gasteiger charge is 2.22. The lowest BCUT2D eigenvalue weighted by Gasteiger charge is -2.15. The van der Waals surface area contributed by atoms with Gasteiger partial charge in [-0.2, -0.15) is 5.10 Å². The molecule has 6 heteroatoms. The summed E-state index contributed by atoms with van der Waals surface area (Å²) in [5, 5.41) is 8.38. The van der Waals surface area contributed by atoms with Gasteiger partial charge >= 0.3 is 0 Å². The van der Waals surface area contributed by atoms with Crippen molar-refractivity contribution in [2.45, 2.75) is 13.0 Å². The standard InChI is InChI=1S/C20H18N6/c1-2-9-23-19(3-1)26-18-8-10-21-13-17(18)20(24-26)15-4-6-16(7-5-15)25-12-11-22-14-25/h1-7,9,11-12,14,21H,8,10,13H2. The van der Waals surface area contributed by atoms with Crippen LogP contribution in [0.3, 0.4) is 0 Å². The second-order valence-corrected chi connectivity index (χ2v) is 6.32. The van der Waals surface area contributed by atoms with Crippen LogP contribution in [0, 0.1) is 0 Å². The van der Waals surface area contributed by atoms with Crippen LogP contribution in [0.25, 0.3) is 22.8 Å². The predicted octanol–water partition coefficient (Wildman–Crippen LogP) is 2.77. The van der Waals surface area contributed by atoms with E-state index >= 15 is 0 Å². The number of imidazole rings is 1. The van der Waals surface area contributed by atoms with Gasteiger partial charge in [-0.25, -0.2) is 14.6 Å². The number of nitrogens with one attached hydrogen (secondary N) is 1. The summed E-state index contributed by atoms with van der Waals surface area (Å²) in [7, 11) is 0. The summed E-state index contributed by atoms with van der Waals surface area (Å²) in [6.45, 7) is 1.80. The fourth-order valence-corrected chi connectivity index (χ4v) is 3.45. The number of benzene rings is 1. The molecule has 1 N–H and O–H groups in total. The Morgan fingerprint density at radius 1 is 1.00 bits per heavy atom. The van der Waals surface area contributed by atoms with E-state index in [1.54, 1.807) is 12.5 Å². The highest BCUT2D eigenvalue weighted by Crippen LogP contribution is 2.29. The number of nitrogens with zero attached hydrogens (tertiary/aromatic N) is 5. The maximum atomic E-state index is 4.92. The third-order valence-electron chi connectivity index (χ3n) is 4.74. The molecule has 0 radical (unpaired) electrons. The molecule has 0 atom stereocenters. The predicted molar refractivity (Wildman–Crippen MR) is 99.3 cm³/mol. The third kappa shape index (κ3) is 2.51. The fourth-order valence-electron chi connectivity index (χ4n) is 3.45. The van der Waals surface area contributed by atoms with Crippen LogP contribution in [0.1, 0.15) is 11.3 Å². The average molecular weight is 342 g/mol. The first kappa shape index (κ1) is 15.0. The summed E-state index contributed by atoms with van der Waals surface area (Å²) in [6.07, 6.45) is 8.29. The molecule has 4 heterocycles. The van der Waals surface area contributed by atoms with Crippen molar-refractivity contribution in [2.24, 2.45) is 0 Å². The molecule has 4 aromatic rings. The van der Waals surface area contributed by atoms with Gasteiger partial charge in [0.1, 0.15) is 0 Å². The molecule has 0 spiro atoms. The van der Waals surface area contributed by atoms with Crippen LogP contribution in [0.5, 0.6) is 0 Å². The van der Waals surface area contributed by atoms with Gasteiger partial charge in [0.2, 0.25) is 0 Å². The minimum Gasteiger partial charge on any atom is -0.312 e. The van der Waals surface area contributed by atoms with Crippen LogP contribution < -0.4 is 5.32 Å². The molecule has 0 unspecified atom stereocenters. The van der Waals surface area contributed by atoms with Crippen molar-refractivity contribution in [3.8, 4) is 22.8 Å². The van der Waals surface area contributed by atoms with Crippen LogP contribution in [0.15, 0.2) is 67.4 Å². The molecule has 0 saturated carbocycles. The summed E-state index contributed by atoms with van der Waals surface area (Å²) in [5.74, 6) is 0.868. The van der Waals surface area contributed by atoms with E-state index in [0.717, 1.165) is 42.3 Å². The summed E-state index contributed by atoms with van der Waals surface area (Å²) >= 11 is 0. The van der Waals surface area contributed by atoms with Gasteiger partial charge in [0.25, 0.3) is 0 Å². The summed E-state index contributed by atoms with van der Waals surface area (Å²) in [6, 6.07) is 14.4. The Morgan fingerprint density at radius 2 is 1.92 bits per heavy atom. The normalized spacial score (nSPS) is 13.5. The largest absolute Gasteiger partial charge is 0.312 e. The number of hydrogen-bond donors (Lipinski definition) is 1. The molecule has 3 aromatic heterocycles. The number of fused-ring (bicyclic) bond motifs is 1. The molecule has 0 fully saturated rings. The second kappa shape index (κ2) is 6.24. The Kier molecular flexibility index (Phi) is 3.61. The number of aromatic nitrogens is 5. The maximum Gasteiger partial charge on any atom is 0.153 e. The van der Waals surface area contributed by atoms with Crippen molar-refractivity contribution in [3.63, 3.8) is 0 Å². The highest BCUT2D eigenvalue weighted by molar-refractivity contribution is 5.66. The number of hydrogen-bond acceptors (Lipinski definition) is 4. The van der Waals surface area contributed by atoms with Crippen LogP contribution >= 0.6 is 0 Å². The van der Waals surface area contributed by atoms with E-state index in [2.05, 4.69) is 39.6 Å². The maximum absolute atomic E-state index is 4.92. The number of rotatable bonds is 3.